The highest BCUT2D eigenvalue weighted by Gasteiger charge is 2.17. The number of amides is 1. The summed E-state index contributed by atoms with van der Waals surface area (Å²) in [5.41, 5.74) is 0.941. The van der Waals surface area contributed by atoms with Crippen LogP contribution in [-0.4, -0.2) is 40.3 Å². The monoisotopic (exact) mass is 411 g/mol. The number of hydrogen-bond donors (Lipinski definition) is 1. The number of benzene rings is 2. The van der Waals surface area contributed by atoms with Gasteiger partial charge in [-0.3, -0.25) is 4.79 Å². The molecule has 0 radical (unpaired) electrons. The normalized spacial score (nSPS) is 11.0. The Morgan fingerprint density at radius 3 is 2.48 bits per heavy atom. The number of methoxy groups -OCH3 is 1. The second-order valence-corrected chi connectivity index (χ2v) is 8.17. The van der Waals surface area contributed by atoms with Gasteiger partial charge in [-0.1, -0.05) is 17.7 Å². The number of anilines is 1. The Kier molecular flexibility index (Phi) is 6.45. The van der Waals surface area contributed by atoms with Crippen LogP contribution in [0.4, 0.5) is 5.69 Å². The number of hydrogen-bond acceptors (Lipinski definition) is 6. The summed E-state index contributed by atoms with van der Waals surface area (Å²) < 4.78 is 33.4. The van der Waals surface area contributed by atoms with E-state index in [1.165, 1.54) is 31.4 Å². The molecule has 7 nitrogen and oxygen atoms in total. The Labute approximate surface area is 162 Å². The number of carbonyl (C=O) groups excluding carboxylic acids is 2. The zero-order valence-corrected chi connectivity index (χ0v) is 16.5. The molecule has 0 saturated heterocycles. The molecule has 2 rings (SSSR count). The maximum atomic E-state index is 12.2. The van der Waals surface area contributed by atoms with Crippen molar-refractivity contribution in [3.8, 4) is 5.75 Å². The van der Waals surface area contributed by atoms with Crippen LogP contribution >= 0.6 is 11.6 Å². The van der Waals surface area contributed by atoms with Crippen molar-refractivity contribution in [3.05, 3.63) is 52.5 Å². The standard InChI is InChI=1S/C18H18ClNO6S/c1-11-4-6-13(27(3,23)24)9-14(11)18(22)26-10-17(21)20-15-8-12(19)5-7-16(15)25-2/h4-9H,10H2,1-3H3,(H,20,21). The van der Waals surface area contributed by atoms with Crippen molar-refractivity contribution in [1.29, 1.82) is 0 Å². The van der Waals surface area contributed by atoms with Crippen LogP contribution in [0.1, 0.15) is 15.9 Å². The van der Waals surface area contributed by atoms with E-state index in [2.05, 4.69) is 5.32 Å². The average Bonchev–Trinajstić information content (AvgIpc) is 2.59. The maximum absolute atomic E-state index is 12.2. The molecule has 144 valence electrons. The Hall–Kier alpha value is -2.58. The predicted octanol–water partition coefficient (Wildman–Crippen LogP) is 2.86. The molecule has 0 aliphatic heterocycles. The van der Waals surface area contributed by atoms with Gasteiger partial charge in [0.1, 0.15) is 5.75 Å². The lowest BCUT2D eigenvalue weighted by molar-refractivity contribution is -0.119. The molecular weight excluding hydrogens is 394 g/mol. The third-order valence-corrected chi connectivity index (χ3v) is 4.97. The number of nitrogens with one attached hydrogen (secondary N) is 1. The van der Waals surface area contributed by atoms with Gasteiger partial charge in [0.25, 0.3) is 5.91 Å². The zero-order valence-electron chi connectivity index (χ0n) is 14.9. The Bertz CT molecular complexity index is 987. The van der Waals surface area contributed by atoms with Gasteiger partial charge in [-0.25, -0.2) is 13.2 Å². The molecule has 0 unspecified atom stereocenters. The van der Waals surface area contributed by atoms with Gasteiger partial charge in [-0.05, 0) is 42.8 Å². The molecule has 0 fully saturated rings. The Balaban J connectivity index is 2.08. The maximum Gasteiger partial charge on any atom is 0.338 e. The fourth-order valence-electron chi connectivity index (χ4n) is 2.22. The summed E-state index contributed by atoms with van der Waals surface area (Å²) in [7, 11) is -2.03. The highest BCUT2D eigenvalue weighted by molar-refractivity contribution is 7.90. The van der Waals surface area contributed by atoms with Gasteiger partial charge in [-0.15, -0.1) is 0 Å². The van der Waals surface area contributed by atoms with Gasteiger partial charge in [-0.2, -0.15) is 0 Å². The molecule has 0 atom stereocenters. The first-order chi connectivity index (χ1) is 12.6. The summed E-state index contributed by atoms with van der Waals surface area (Å²) in [6.07, 6.45) is 1.04. The molecule has 1 N–H and O–H groups in total. The molecule has 0 spiro atoms. The van der Waals surface area contributed by atoms with Crippen molar-refractivity contribution in [1.82, 2.24) is 0 Å². The lowest BCUT2D eigenvalue weighted by Crippen LogP contribution is -2.21. The largest absolute Gasteiger partial charge is 0.495 e. The zero-order chi connectivity index (χ0) is 20.2. The quantitative estimate of drug-likeness (QED) is 0.734. The van der Waals surface area contributed by atoms with Crippen molar-refractivity contribution in [2.24, 2.45) is 0 Å². The van der Waals surface area contributed by atoms with E-state index in [9.17, 15) is 18.0 Å². The molecule has 27 heavy (non-hydrogen) atoms. The first-order valence-corrected chi connectivity index (χ1v) is 10.00. The second kappa shape index (κ2) is 8.41. The van der Waals surface area contributed by atoms with Crippen LogP contribution in [0.2, 0.25) is 5.02 Å². The molecule has 1 amide bonds. The average molecular weight is 412 g/mol. The molecular formula is C18H18ClNO6S. The molecule has 0 aromatic heterocycles. The summed E-state index contributed by atoms with van der Waals surface area (Å²) in [6.45, 7) is 1.08. The molecule has 9 heteroatoms. The van der Waals surface area contributed by atoms with Crippen LogP contribution in [0.25, 0.3) is 0 Å². The predicted molar refractivity (Wildman–Crippen MR) is 101 cm³/mol. The molecule has 0 aliphatic carbocycles. The number of sulfone groups is 1. The summed E-state index contributed by atoms with van der Waals surface area (Å²) in [5, 5.41) is 2.94. The third kappa shape index (κ3) is 5.45. The fourth-order valence-corrected chi connectivity index (χ4v) is 3.04. The number of halogens is 1. The van der Waals surface area contributed by atoms with E-state index >= 15 is 0 Å². The van der Waals surface area contributed by atoms with E-state index in [0.717, 1.165) is 6.26 Å². The minimum Gasteiger partial charge on any atom is -0.495 e. The number of esters is 1. The van der Waals surface area contributed by atoms with Crippen LogP contribution in [0, 0.1) is 6.92 Å². The number of aryl methyl sites for hydroxylation is 1. The van der Waals surface area contributed by atoms with Gasteiger partial charge in [0, 0.05) is 11.3 Å². The van der Waals surface area contributed by atoms with Crippen molar-refractivity contribution >= 4 is 39.0 Å². The highest BCUT2D eigenvalue weighted by Crippen LogP contribution is 2.27. The fraction of sp³-hybridized carbons (Fsp3) is 0.222. The van der Waals surface area contributed by atoms with Crippen LogP contribution in [0.5, 0.6) is 5.75 Å². The Morgan fingerprint density at radius 2 is 1.85 bits per heavy atom. The first kappa shape index (κ1) is 20.7. The second-order valence-electron chi connectivity index (χ2n) is 5.72. The third-order valence-electron chi connectivity index (χ3n) is 3.63. The van der Waals surface area contributed by atoms with Gasteiger partial charge < -0.3 is 14.8 Å². The smallest absolute Gasteiger partial charge is 0.338 e. The van der Waals surface area contributed by atoms with E-state index in [0.29, 0.717) is 22.0 Å². The van der Waals surface area contributed by atoms with Crippen molar-refractivity contribution in [2.75, 3.05) is 25.3 Å². The van der Waals surface area contributed by atoms with E-state index < -0.39 is 28.3 Å². The SMILES string of the molecule is COc1ccc(Cl)cc1NC(=O)COC(=O)c1cc(S(C)(=O)=O)ccc1C. The van der Waals surface area contributed by atoms with Crippen LogP contribution < -0.4 is 10.1 Å². The summed E-state index contributed by atoms with van der Waals surface area (Å²) in [5.74, 6) is -0.997. The van der Waals surface area contributed by atoms with E-state index in [-0.39, 0.29) is 10.5 Å². The van der Waals surface area contributed by atoms with E-state index in [1.807, 2.05) is 0 Å². The first-order valence-electron chi connectivity index (χ1n) is 7.73. The number of ether oxygens (including phenoxy) is 2. The lowest BCUT2D eigenvalue weighted by Gasteiger charge is -2.11. The van der Waals surface area contributed by atoms with Crippen molar-refractivity contribution in [2.45, 2.75) is 11.8 Å². The molecule has 2 aromatic rings. The topological polar surface area (TPSA) is 98.8 Å². The Morgan fingerprint density at radius 1 is 1.15 bits per heavy atom. The van der Waals surface area contributed by atoms with Crippen molar-refractivity contribution < 1.29 is 27.5 Å². The summed E-state index contributed by atoms with van der Waals surface area (Å²) in [6, 6.07) is 8.83. The van der Waals surface area contributed by atoms with Crippen LogP contribution in [-0.2, 0) is 19.4 Å². The van der Waals surface area contributed by atoms with Gasteiger partial charge in [0.05, 0.1) is 23.3 Å². The minimum absolute atomic E-state index is 0.00633. The number of rotatable bonds is 6. The molecule has 2 aromatic carbocycles. The highest BCUT2D eigenvalue weighted by atomic mass is 35.5. The van der Waals surface area contributed by atoms with Crippen LogP contribution in [0.3, 0.4) is 0 Å². The van der Waals surface area contributed by atoms with Crippen molar-refractivity contribution in [3.63, 3.8) is 0 Å². The molecule has 0 aliphatic rings. The molecule has 0 bridgehead atoms. The van der Waals surface area contributed by atoms with E-state index in [4.69, 9.17) is 21.1 Å². The minimum atomic E-state index is -3.47. The van der Waals surface area contributed by atoms with E-state index in [1.54, 1.807) is 19.1 Å². The van der Waals surface area contributed by atoms with Crippen LogP contribution in [0.15, 0.2) is 41.3 Å². The number of carbonyl (C=O) groups is 2. The molecule has 0 saturated carbocycles. The lowest BCUT2D eigenvalue weighted by atomic mass is 10.1. The summed E-state index contributed by atoms with van der Waals surface area (Å²) >= 11 is 5.89. The van der Waals surface area contributed by atoms with Gasteiger partial charge in [0.2, 0.25) is 0 Å². The molecule has 0 heterocycles. The van der Waals surface area contributed by atoms with Gasteiger partial charge in [0.15, 0.2) is 16.4 Å². The summed E-state index contributed by atoms with van der Waals surface area (Å²) in [4.78, 5) is 24.3. The van der Waals surface area contributed by atoms with Gasteiger partial charge >= 0.3 is 5.97 Å².